The molecule has 0 aliphatic heterocycles. The molecule has 0 saturated heterocycles. The molecule has 0 atom stereocenters. The van der Waals surface area contributed by atoms with Gasteiger partial charge in [0.15, 0.2) is 0 Å². The standard InChI is InChI=1S/C23H20N4O3S/c1-25(2)23(28)16-10-11-18-20(13-16)26(14-17-7-5-6-12-24-17)15-22(18)31-21-9-4-3-8-19(21)27(29)30/h3-13,15H,14H2,1-2H3. The molecule has 0 saturated carbocycles. The first-order valence-electron chi connectivity index (χ1n) is 9.60. The van der Waals surface area contributed by atoms with Crippen molar-refractivity contribution < 1.29 is 9.72 Å². The monoisotopic (exact) mass is 432 g/mol. The molecule has 2 heterocycles. The highest BCUT2D eigenvalue weighted by Crippen LogP contribution is 2.39. The van der Waals surface area contributed by atoms with Gasteiger partial charge in [-0.15, -0.1) is 0 Å². The van der Waals surface area contributed by atoms with E-state index < -0.39 is 0 Å². The van der Waals surface area contributed by atoms with Gasteiger partial charge in [-0.05, 0) is 30.3 Å². The van der Waals surface area contributed by atoms with Crippen LogP contribution in [-0.2, 0) is 6.54 Å². The van der Waals surface area contributed by atoms with Crippen LogP contribution in [0.5, 0.6) is 0 Å². The van der Waals surface area contributed by atoms with Crippen LogP contribution >= 0.6 is 11.8 Å². The first kappa shape index (κ1) is 20.6. The summed E-state index contributed by atoms with van der Waals surface area (Å²) in [6, 6.07) is 18.0. The van der Waals surface area contributed by atoms with Crippen molar-refractivity contribution >= 4 is 34.3 Å². The molecule has 0 fully saturated rings. The van der Waals surface area contributed by atoms with Crippen molar-refractivity contribution in [3.8, 4) is 0 Å². The molecule has 0 unspecified atom stereocenters. The van der Waals surface area contributed by atoms with Gasteiger partial charge in [-0.3, -0.25) is 19.9 Å². The van der Waals surface area contributed by atoms with Gasteiger partial charge in [0.1, 0.15) is 0 Å². The maximum absolute atomic E-state index is 12.5. The van der Waals surface area contributed by atoms with Crippen molar-refractivity contribution in [2.45, 2.75) is 16.3 Å². The van der Waals surface area contributed by atoms with Gasteiger partial charge in [-0.1, -0.05) is 36.0 Å². The number of aromatic nitrogens is 2. The number of para-hydroxylation sites is 1. The molecule has 8 heteroatoms. The van der Waals surface area contributed by atoms with Crippen LogP contribution in [0.25, 0.3) is 10.9 Å². The van der Waals surface area contributed by atoms with Crippen LogP contribution in [0.15, 0.2) is 82.8 Å². The number of fused-ring (bicyclic) bond motifs is 1. The van der Waals surface area contributed by atoms with Crippen molar-refractivity contribution in [3.63, 3.8) is 0 Å². The van der Waals surface area contributed by atoms with Crippen LogP contribution in [0.4, 0.5) is 5.69 Å². The quantitative estimate of drug-likeness (QED) is 0.321. The number of pyridine rings is 1. The lowest BCUT2D eigenvalue weighted by molar-refractivity contribution is -0.387. The molecule has 156 valence electrons. The fourth-order valence-corrected chi connectivity index (χ4v) is 4.43. The Kier molecular flexibility index (Phi) is 5.73. The van der Waals surface area contributed by atoms with Gasteiger partial charge in [0.05, 0.1) is 27.6 Å². The molecular weight excluding hydrogens is 412 g/mol. The van der Waals surface area contributed by atoms with Crippen LogP contribution in [-0.4, -0.2) is 39.4 Å². The number of benzene rings is 2. The van der Waals surface area contributed by atoms with Crippen LogP contribution in [0.1, 0.15) is 16.1 Å². The minimum Gasteiger partial charge on any atom is -0.345 e. The zero-order chi connectivity index (χ0) is 22.0. The summed E-state index contributed by atoms with van der Waals surface area (Å²) in [7, 11) is 3.44. The second-order valence-electron chi connectivity index (χ2n) is 7.20. The van der Waals surface area contributed by atoms with E-state index in [0.29, 0.717) is 17.0 Å². The fourth-order valence-electron chi connectivity index (χ4n) is 3.34. The van der Waals surface area contributed by atoms with Crippen LogP contribution < -0.4 is 0 Å². The highest BCUT2D eigenvalue weighted by molar-refractivity contribution is 7.99. The van der Waals surface area contributed by atoms with E-state index in [-0.39, 0.29) is 16.5 Å². The molecule has 0 aliphatic rings. The Morgan fingerprint density at radius 1 is 1.10 bits per heavy atom. The van der Waals surface area contributed by atoms with Crippen molar-refractivity contribution in [3.05, 3.63) is 94.4 Å². The normalized spacial score (nSPS) is 10.9. The average molecular weight is 433 g/mol. The highest BCUT2D eigenvalue weighted by atomic mass is 32.2. The van der Waals surface area contributed by atoms with Crippen molar-refractivity contribution in [2.75, 3.05) is 14.1 Å². The Labute approximate surface area is 183 Å². The second-order valence-corrected chi connectivity index (χ2v) is 8.28. The molecule has 0 bridgehead atoms. The van der Waals surface area contributed by atoms with Gasteiger partial charge < -0.3 is 9.47 Å². The predicted octanol–water partition coefficient (Wildman–Crippen LogP) is 4.85. The zero-order valence-corrected chi connectivity index (χ0v) is 17.9. The largest absolute Gasteiger partial charge is 0.345 e. The maximum atomic E-state index is 12.5. The van der Waals surface area contributed by atoms with E-state index in [0.717, 1.165) is 21.5 Å². The summed E-state index contributed by atoms with van der Waals surface area (Å²) >= 11 is 1.35. The summed E-state index contributed by atoms with van der Waals surface area (Å²) in [4.78, 5) is 31.0. The molecule has 7 nitrogen and oxygen atoms in total. The summed E-state index contributed by atoms with van der Waals surface area (Å²) < 4.78 is 2.03. The van der Waals surface area contributed by atoms with Crippen LogP contribution in [0.3, 0.4) is 0 Å². The molecule has 1 amide bonds. The lowest BCUT2D eigenvalue weighted by Gasteiger charge is -2.11. The van der Waals surface area contributed by atoms with Crippen molar-refractivity contribution in [2.24, 2.45) is 0 Å². The molecular formula is C23H20N4O3S. The summed E-state index contributed by atoms with van der Waals surface area (Å²) in [5, 5.41) is 12.4. The summed E-state index contributed by atoms with van der Waals surface area (Å²) in [6.07, 6.45) is 3.70. The number of nitrogens with zero attached hydrogens (tertiary/aromatic N) is 4. The van der Waals surface area contributed by atoms with E-state index in [4.69, 9.17) is 0 Å². The predicted molar refractivity (Wildman–Crippen MR) is 121 cm³/mol. The van der Waals surface area contributed by atoms with Gasteiger partial charge in [-0.2, -0.15) is 0 Å². The van der Waals surface area contributed by atoms with Gasteiger partial charge in [0.2, 0.25) is 0 Å². The average Bonchev–Trinajstić information content (AvgIpc) is 3.10. The van der Waals surface area contributed by atoms with E-state index in [1.54, 1.807) is 44.6 Å². The molecule has 4 rings (SSSR count). The van der Waals surface area contributed by atoms with Gasteiger partial charge >= 0.3 is 0 Å². The van der Waals surface area contributed by atoms with E-state index in [9.17, 15) is 14.9 Å². The van der Waals surface area contributed by atoms with Crippen molar-refractivity contribution in [1.29, 1.82) is 0 Å². The van der Waals surface area contributed by atoms with E-state index in [1.807, 2.05) is 41.1 Å². The molecule has 0 N–H and O–H groups in total. The van der Waals surface area contributed by atoms with Crippen molar-refractivity contribution in [1.82, 2.24) is 14.5 Å². The maximum Gasteiger partial charge on any atom is 0.283 e. The molecule has 2 aromatic heterocycles. The molecule has 0 spiro atoms. The smallest absolute Gasteiger partial charge is 0.283 e. The Balaban J connectivity index is 1.82. The topological polar surface area (TPSA) is 81.3 Å². The molecule has 2 aromatic carbocycles. The number of nitro groups is 1. The zero-order valence-electron chi connectivity index (χ0n) is 17.1. The lowest BCUT2D eigenvalue weighted by atomic mass is 10.1. The third-order valence-corrected chi connectivity index (χ3v) is 5.95. The third-order valence-electron chi connectivity index (χ3n) is 4.84. The Bertz CT molecular complexity index is 1270. The lowest BCUT2D eigenvalue weighted by Crippen LogP contribution is -2.21. The summed E-state index contributed by atoms with van der Waals surface area (Å²) in [5.41, 5.74) is 2.41. The number of hydrogen-bond acceptors (Lipinski definition) is 5. The number of hydrogen-bond donors (Lipinski definition) is 0. The SMILES string of the molecule is CN(C)C(=O)c1ccc2c(Sc3ccccc3[N+](=O)[O-])cn(Cc3ccccn3)c2c1. The number of amides is 1. The first-order chi connectivity index (χ1) is 14.9. The van der Waals surface area contributed by atoms with Gasteiger partial charge in [0.25, 0.3) is 11.6 Å². The third kappa shape index (κ3) is 4.29. The van der Waals surface area contributed by atoms with E-state index in [2.05, 4.69) is 4.98 Å². The molecule has 31 heavy (non-hydrogen) atoms. The Hall–Kier alpha value is -3.65. The number of nitro benzene ring substituents is 1. The second kappa shape index (κ2) is 8.61. The van der Waals surface area contributed by atoms with Gasteiger partial charge in [-0.25, -0.2) is 0 Å². The first-order valence-corrected chi connectivity index (χ1v) is 10.4. The molecule has 0 aliphatic carbocycles. The van der Waals surface area contributed by atoms with Crippen LogP contribution in [0, 0.1) is 10.1 Å². The number of carbonyl (C=O) groups is 1. The summed E-state index contributed by atoms with van der Waals surface area (Å²) in [6.45, 7) is 0.522. The van der Waals surface area contributed by atoms with E-state index in [1.165, 1.54) is 22.7 Å². The summed E-state index contributed by atoms with van der Waals surface area (Å²) in [5.74, 6) is -0.0830. The van der Waals surface area contributed by atoms with E-state index >= 15 is 0 Å². The Morgan fingerprint density at radius 3 is 2.58 bits per heavy atom. The highest BCUT2D eigenvalue weighted by Gasteiger charge is 2.18. The number of carbonyl (C=O) groups excluding carboxylic acids is 1. The minimum absolute atomic E-state index is 0.0672. The minimum atomic E-state index is -0.372. The number of rotatable bonds is 6. The van der Waals surface area contributed by atoms with Gasteiger partial charge in [0, 0.05) is 48.4 Å². The molecule has 0 radical (unpaired) electrons. The fraction of sp³-hybridized carbons (Fsp3) is 0.130. The Morgan fingerprint density at radius 2 is 1.87 bits per heavy atom. The van der Waals surface area contributed by atoms with Crippen LogP contribution in [0.2, 0.25) is 0 Å². The molecule has 4 aromatic rings.